The molecule has 0 amide bonds. The summed E-state index contributed by atoms with van der Waals surface area (Å²) < 4.78 is 5.79. The molecule has 0 atom stereocenters. The number of pyridine rings is 1. The lowest BCUT2D eigenvalue weighted by atomic mass is 10.3. The fraction of sp³-hybridized carbons (Fsp3) is 0. The average Bonchev–Trinajstić information content (AvgIpc) is 2.42. The lowest BCUT2D eigenvalue weighted by Crippen LogP contribution is -2.03. The van der Waals surface area contributed by atoms with Crippen molar-refractivity contribution in [2.24, 2.45) is 0 Å². The van der Waals surface area contributed by atoms with Gasteiger partial charge in [-0.15, -0.1) is 0 Å². The van der Waals surface area contributed by atoms with Crippen LogP contribution in [0.4, 0.5) is 5.69 Å². The molecule has 0 spiro atoms. The average molecular weight is 374 g/mol. The molecule has 7 nitrogen and oxygen atoms in total. The second-order valence-corrected chi connectivity index (χ2v) is 5.08. The third-order valence-electron chi connectivity index (χ3n) is 2.36. The Morgan fingerprint density at radius 1 is 1.38 bits per heavy atom. The van der Waals surface area contributed by atoms with E-state index in [9.17, 15) is 14.9 Å². The number of rotatable bonds is 4. The molecule has 0 aliphatic heterocycles. The molecule has 0 unspecified atom stereocenters. The van der Waals surface area contributed by atoms with E-state index >= 15 is 0 Å². The number of aromatic nitrogens is 1. The van der Waals surface area contributed by atoms with Crippen LogP contribution in [0.5, 0.6) is 11.6 Å². The first-order valence-corrected chi connectivity index (χ1v) is 6.57. The van der Waals surface area contributed by atoms with Gasteiger partial charge in [-0.2, -0.15) is 0 Å². The first-order valence-electron chi connectivity index (χ1n) is 5.40. The summed E-state index contributed by atoms with van der Waals surface area (Å²) in [7, 11) is 0. The number of nitro groups is 1. The van der Waals surface area contributed by atoms with E-state index in [0.717, 1.165) is 0 Å². The summed E-state index contributed by atoms with van der Waals surface area (Å²) in [5.74, 6) is -1.49. The van der Waals surface area contributed by atoms with Gasteiger partial charge in [0.15, 0.2) is 5.69 Å². The standard InChI is InChI=1S/C12H6BrClN2O5/c13-6-1-3-9(8(5-6)16(19)20)21-10-4-2-7(14)11(15-10)12(17)18/h1-5H,(H,17,18). The Morgan fingerprint density at radius 2 is 2.10 bits per heavy atom. The van der Waals surface area contributed by atoms with Crippen LogP contribution < -0.4 is 4.74 Å². The highest BCUT2D eigenvalue weighted by molar-refractivity contribution is 9.10. The summed E-state index contributed by atoms with van der Waals surface area (Å²) in [4.78, 5) is 25.0. The summed E-state index contributed by atoms with van der Waals surface area (Å²) in [6, 6.07) is 6.80. The highest BCUT2D eigenvalue weighted by Crippen LogP contribution is 2.33. The van der Waals surface area contributed by atoms with Crippen molar-refractivity contribution >= 4 is 39.2 Å². The lowest BCUT2D eigenvalue weighted by Gasteiger charge is -2.07. The molecule has 1 heterocycles. The predicted octanol–water partition coefficient (Wildman–Crippen LogP) is 3.90. The molecule has 0 aliphatic rings. The Hall–Kier alpha value is -2.19. The number of hydrogen-bond acceptors (Lipinski definition) is 5. The van der Waals surface area contributed by atoms with Crippen LogP contribution in [-0.4, -0.2) is 21.0 Å². The highest BCUT2D eigenvalue weighted by atomic mass is 79.9. The molecule has 0 aliphatic carbocycles. The maximum atomic E-state index is 11.0. The van der Waals surface area contributed by atoms with E-state index in [1.54, 1.807) is 6.07 Å². The number of carboxylic acid groups (broad SMARTS) is 1. The highest BCUT2D eigenvalue weighted by Gasteiger charge is 2.18. The normalized spacial score (nSPS) is 10.2. The van der Waals surface area contributed by atoms with Crippen LogP contribution >= 0.6 is 27.5 Å². The molecule has 0 saturated carbocycles. The Kier molecular flexibility index (Phi) is 4.39. The number of benzene rings is 1. The number of halogens is 2. The van der Waals surface area contributed by atoms with Gasteiger partial charge in [-0.1, -0.05) is 27.5 Å². The fourth-order valence-corrected chi connectivity index (χ4v) is 2.00. The van der Waals surface area contributed by atoms with Crippen LogP contribution in [-0.2, 0) is 0 Å². The van der Waals surface area contributed by atoms with Gasteiger partial charge in [0, 0.05) is 16.6 Å². The zero-order chi connectivity index (χ0) is 15.6. The zero-order valence-corrected chi connectivity index (χ0v) is 12.5. The summed E-state index contributed by atoms with van der Waals surface area (Å²) in [6.07, 6.45) is 0. The van der Waals surface area contributed by atoms with E-state index in [-0.39, 0.29) is 22.3 Å². The molecule has 21 heavy (non-hydrogen) atoms. The van der Waals surface area contributed by atoms with Gasteiger partial charge in [0.1, 0.15) is 0 Å². The quantitative estimate of drug-likeness (QED) is 0.644. The largest absolute Gasteiger partial charge is 0.476 e. The van der Waals surface area contributed by atoms with Crippen molar-refractivity contribution in [3.63, 3.8) is 0 Å². The van der Waals surface area contributed by atoms with Crippen LogP contribution in [0.3, 0.4) is 0 Å². The summed E-state index contributed by atoms with van der Waals surface area (Å²) in [6.45, 7) is 0. The van der Waals surface area contributed by atoms with E-state index in [2.05, 4.69) is 20.9 Å². The van der Waals surface area contributed by atoms with E-state index in [0.29, 0.717) is 4.47 Å². The Balaban J connectivity index is 2.41. The zero-order valence-electron chi connectivity index (χ0n) is 10.1. The van der Waals surface area contributed by atoms with Crippen LogP contribution in [0.2, 0.25) is 5.02 Å². The third kappa shape index (κ3) is 3.47. The Bertz CT molecular complexity index is 738. The van der Waals surface area contributed by atoms with Crippen molar-refractivity contribution in [1.82, 2.24) is 4.98 Å². The topological polar surface area (TPSA) is 103 Å². The Labute approximate surface area is 131 Å². The number of carboxylic acids is 1. The van der Waals surface area contributed by atoms with Gasteiger partial charge in [-0.3, -0.25) is 10.1 Å². The molecule has 2 aromatic rings. The molecule has 108 valence electrons. The third-order valence-corrected chi connectivity index (χ3v) is 3.15. The molecule has 9 heteroatoms. The molecule has 0 radical (unpaired) electrons. The van der Waals surface area contributed by atoms with E-state index in [4.69, 9.17) is 21.4 Å². The molecular weight excluding hydrogens is 367 g/mol. The minimum Gasteiger partial charge on any atom is -0.476 e. The van der Waals surface area contributed by atoms with Crippen molar-refractivity contribution in [2.75, 3.05) is 0 Å². The second-order valence-electron chi connectivity index (χ2n) is 3.76. The molecular formula is C12H6BrClN2O5. The first-order chi connectivity index (χ1) is 9.88. The van der Waals surface area contributed by atoms with Crippen LogP contribution in [0.1, 0.15) is 10.5 Å². The SMILES string of the molecule is O=C(O)c1nc(Oc2ccc(Br)cc2[N+](=O)[O-])ccc1Cl. The van der Waals surface area contributed by atoms with E-state index in [1.165, 1.54) is 24.3 Å². The minimum absolute atomic E-state index is 0.0554. The molecule has 0 fully saturated rings. The van der Waals surface area contributed by atoms with Crippen molar-refractivity contribution in [2.45, 2.75) is 0 Å². The maximum Gasteiger partial charge on any atom is 0.356 e. The van der Waals surface area contributed by atoms with Gasteiger partial charge in [0.05, 0.1) is 9.95 Å². The van der Waals surface area contributed by atoms with Crippen molar-refractivity contribution < 1.29 is 19.6 Å². The van der Waals surface area contributed by atoms with Gasteiger partial charge in [-0.25, -0.2) is 9.78 Å². The van der Waals surface area contributed by atoms with Crippen molar-refractivity contribution in [3.05, 3.63) is 55.6 Å². The number of aromatic carboxylic acids is 1. The molecule has 1 aromatic carbocycles. The predicted molar refractivity (Wildman–Crippen MR) is 77.1 cm³/mol. The summed E-state index contributed by atoms with van der Waals surface area (Å²) >= 11 is 8.80. The van der Waals surface area contributed by atoms with E-state index < -0.39 is 16.6 Å². The van der Waals surface area contributed by atoms with Crippen molar-refractivity contribution in [1.29, 1.82) is 0 Å². The number of nitro benzene ring substituents is 1. The molecule has 2 rings (SSSR count). The number of carbonyl (C=O) groups is 1. The maximum absolute atomic E-state index is 11.0. The van der Waals surface area contributed by atoms with Gasteiger partial charge >= 0.3 is 11.7 Å². The van der Waals surface area contributed by atoms with Gasteiger partial charge in [0.2, 0.25) is 11.6 Å². The van der Waals surface area contributed by atoms with Gasteiger partial charge < -0.3 is 9.84 Å². The summed E-state index contributed by atoms with van der Waals surface area (Å²) in [5, 5.41) is 19.8. The first kappa shape index (κ1) is 15.2. The lowest BCUT2D eigenvalue weighted by molar-refractivity contribution is -0.385. The fourth-order valence-electron chi connectivity index (χ4n) is 1.46. The van der Waals surface area contributed by atoms with Gasteiger partial charge in [-0.05, 0) is 18.2 Å². The molecule has 1 N–H and O–H groups in total. The smallest absolute Gasteiger partial charge is 0.356 e. The Morgan fingerprint density at radius 3 is 2.71 bits per heavy atom. The number of nitrogens with zero attached hydrogens (tertiary/aromatic N) is 2. The van der Waals surface area contributed by atoms with Crippen LogP contribution in [0.25, 0.3) is 0 Å². The number of ether oxygens (including phenoxy) is 1. The molecule has 0 bridgehead atoms. The van der Waals surface area contributed by atoms with E-state index in [1.807, 2.05) is 0 Å². The summed E-state index contributed by atoms with van der Waals surface area (Å²) in [5.41, 5.74) is -0.674. The monoisotopic (exact) mass is 372 g/mol. The van der Waals surface area contributed by atoms with Crippen LogP contribution in [0.15, 0.2) is 34.8 Å². The minimum atomic E-state index is -1.32. The van der Waals surface area contributed by atoms with Crippen LogP contribution in [0, 0.1) is 10.1 Å². The number of hydrogen-bond donors (Lipinski definition) is 1. The molecule has 1 aromatic heterocycles. The van der Waals surface area contributed by atoms with Crippen molar-refractivity contribution in [3.8, 4) is 11.6 Å². The molecule has 0 saturated heterocycles. The second kappa shape index (κ2) is 6.06. The van der Waals surface area contributed by atoms with Gasteiger partial charge in [0.25, 0.3) is 0 Å².